The second kappa shape index (κ2) is 6.75. The quantitative estimate of drug-likeness (QED) is 0.309. The molecule has 1 aliphatic carbocycles. The van der Waals surface area contributed by atoms with Crippen molar-refractivity contribution in [3.8, 4) is 0 Å². The van der Waals surface area contributed by atoms with Crippen LogP contribution in [0.1, 0.15) is 32.6 Å². The molecular weight excluding hydrogens is 244 g/mol. The maximum atomic E-state index is 12.7. The number of nitrogens with two attached hydrogens (primary N) is 1. The molecule has 6 heteroatoms. The van der Waals surface area contributed by atoms with Gasteiger partial charge in [-0.2, -0.15) is 0 Å². The summed E-state index contributed by atoms with van der Waals surface area (Å²) in [6.07, 6.45) is 3.23. The van der Waals surface area contributed by atoms with Crippen LogP contribution in [-0.4, -0.2) is 60.5 Å². The average Bonchev–Trinajstić information content (AvgIpc) is 2.32. The number of rotatable bonds is 7. The van der Waals surface area contributed by atoms with Crippen molar-refractivity contribution in [2.45, 2.75) is 32.6 Å². The summed E-state index contributed by atoms with van der Waals surface area (Å²) in [5.41, 5.74) is 4.99. The summed E-state index contributed by atoms with van der Waals surface area (Å²) in [5, 5.41) is 12.0. The Morgan fingerprint density at radius 3 is 2.32 bits per heavy atom. The molecule has 0 atom stereocenters. The van der Waals surface area contributed by atoms with Gasteiger partial charge in [-0.05, 0) is 33.4 Å². The van der Waals surface area contributed by atoms with Crippen molar-refractivity contribution in [2.75, 3.05) is 33.7 Å². The van der Waals surface area contributed by atoms with Gasteiger partial charge in [-0.25, -0.2) is 0 Å². The first-order chi connectivity index (χ1) is 8.97. The third-order valence-corrected chi connectivity index (χ3v) is 3.81. The molecule has 1 aliphatic rings. The number of amides is 1. The number of amidine groups is 1. The van der Waals surface area contributed by atoms with Crippen LogP contribution in [0.5, 0.6) is 0 Å². The molecule has 0 radical (unpaired) electrons. The third-order valence-electron chi connectivity index (χ3n) is 3.81. The Morgan fingerprint density at radius 1 is 1.32 bits per heavy atom. The first kappa shape index (κ1) is 15.8. The summed E-state index contributed by atoms with van der Waals surface area (Å²) < 4.78 is 0. The summed E-state index contributed by atoms with van der Waals surface area (Å²) in [6.45, 7) is 4.26. The molecule has 0 aromatic heterocycles. The summed E-state index contributed by atoms with van der Waals surface area (Å²) in [7, 11) is 3.97. The molecule has 0 aromatic rings. The Balaban J connectivity index is 2.79. The Kier molecular flexibility index (Phi) is 5.60. The molecule has 1 amide bonds. The minimum atomic E-state index is -0.754. The van der Waals surface area contributed by atoms with Crippen LogP contribution in [0.4, 0.5) is 0 Å². The fraction of sp³-hybridized carbons (Fsp3) is 0.846. The van der Waals surface area contributed by atoms with E-state index in [9.17, 15) is 4.79 Å². The van der Waals surface area contributed by atoms with E-state index >= 15 is 0 Å². The Morgan fingerprint density at radius 2 is 1.95 bits per heavy atom. The molecular formula is C13H26N4O2. The lowest BCUT2D eigenvalue weighted by molar-refractivity contribution is -0.142. The van der Waals surface area contributed by atoms with Crippen molar-refractivity contribution in [2.24, 2.45) is 16.3 Å². The van der Waals surface area contributed by atoms with Gasteiger partial charge in [0.1, 0.15) is 5.41 Å². The van der Waals surface area contributed by atoms with Crippen LogP contribution in [0.3, 0.4) is 0 Å². The number of carbonyl (C=O) groups is 1. The van der Waals surface area contributed by atoms with Gasteiger partial charge in [-0.3, -0.25) is 4.79 Å². The van der Waals surface area contributed by atoms with E-state index in [1.54, 1.807) is 0 Å². The van der Waals surface area contributed by atoms with Crippen LogP contribution < -0.4 is 5.73 Å². The Bertz CT molecular complexity index is 338. The summed E-state index contributed by atoms with van der Waals surface area (Å²) >= 11 is 0. The molecule has 0 bridgehead atoms. The average molecular weight is 270 g/mol. The molecule has 0 spiro atoms. The van der Waals surface area contributed by atoms with E-state index in [4.69, 9.17) is 10.9 Å². The lowest BCUT2D eigenvalue weighted by Crippen LogP contribution is -2.56. The Labute approximate surface area is 115 Å². The van der Waals surface area contributed by atoms with Crippen molar-refractivity contribution in [1.82, 2.24) is 9.80 Å². The highest BCUT2D eigenvalue weighted by Gasteiger charge is 2.50. The van der Waals surface area contributed by atoms with Crippen LogP contribution in [0.2, 0.25) is 0 Å². The zero-order valence-electron chi connectivity index (χ0n) is 12.2. The van der Waals surface area contributed by atoms with E-state index in [0.717, 1.165) is 19.4 Å². The number of hydrogen-bond acceptors (Lipinski definition) is 4. The molecule has 0 aliphatic heterocycles. The molecule has 1 saturated carbocycles. The molecule has 0 aromatic carbocycles. The lowest BCUT2D eigenvalue weighted by Gasteiger charge is -2.42. The maximum Gasteiger partial charge on any atom is 0.236 e. The lowest BCUT2D eigenvalue weighted by atomic mass is 9.66. The van der Waals surface area contributed by atoms with Gasteiger partial charge in [0.2, 0.25) is 5.91 Å². The Hall–Kier alpha value is -1.30. The topological polar surface area (TPSA) is 82.2 Å². The van der Waals surface area contributed by atoms with E-state index < -0.39 is 5.41 Å². The number of oxime groups is 1. The zero-order chi connectivity index (χ0) is 14.5. The van der Waals surface area contributed by atoms with Crippen LogP contribution in [0.15, 0.2) is 5.16 Å². The van der Waals surface area contributed by atoms with Crippen LogP contribution in [0.25, 0.3) is 0 Å². The standard InChI is InChI=1S/C13H26N4O2/c1-4-8-17(10-9-16(2)3)12(18)13(6-5-7-13)11(14)15-19/h19H,4-10H2,1-3H3,(H2,14,15). The maximum absolute atomic E-state index is 12.7. The summed E-state index contributed by atoms with van der Waals surface area (Å²) in [4.78, 5) is 16.6. The summed E-state index contributed by atoms with van der Waals surface area (Å²) in [6, 6.07) is 0. The zero-order valence-corrected chi connectivity index (χ0v) is 12.2. The fourth-order valence-electron chi connectivity index (χ4n) is 2.41. The number of hydrogen-bond donors (Lipinski definition) is 2. The van der Waals surface area contributed by atoms with E-state index in [0.29, 0.717) is 25.9 Å². The molecule has 1 fully saturated rings. The number of carbonyl (C=O) groups excluding carboxylic acids is 1. The highest BCUT2D eigenvalue weighted by molar-refractivity contribution is 6.07. The van der Waals surface area contributed by atoms with E-state index in [1.165, 1.54) is 0 Å². The van der Waals surface area contributed by atoms with E-state index in [-0.39, 0.29) is 11.7 Å². The van der Waals surface area contributed by atoms with Crippen molar-refractivity contribution < 1.29 is 10.0 Å². The van der Waals surface area contributed by atoms with Gasteiger partial charge < -0.3 is 20.7 Å². The van der Waals surface area contributed by atoms with Gasteiger partial charge in [0.05, 0.1) is 0 Å². The predicted octanol–water partition coefficient (Wildman–Crippen LogP) is 0.703. The second-order valence-electron chi connectivity index (χ2n) is 5.52. The van der Waals surface area contributed by atoms with Crippen molar-refractivity contribution in [3.05, 3.63) is 0 Å². The number of nitrogens with zero attached hydrogens (tertiary/aromatic N) is 3. The largest absolute Gasteiger partial charge is 0.409 e. The predicted molar refractivity (Wildman–Crippen MR) is 75.1 cm³/mol. The van der Waals surface area contributed by atoms with Crippen molar-refractivity contribution in [3.63, 3.8) is 0 Å². The van der Waals surface area contributed by atoms with E-state index in [1.807, 2.05) is 30.8 Å². The molecule has 0 heterocycles. The van der Waals surface area contributed by atoms with Crippen LogP contribution in [-0.2, 0) is 4.79 Å². The number of likely N-dealkylation sites (N-methyl/N-ethyl adjacent to an activating group) is 1. The van der Waals surface area contributed by atoms with Crippen LogP contribution in [0, 0.1) is 5.41 Å². The van der Waals surface area contributed by atoms with Gasteiger partial charge in [0, 0.05) is 19.6 Å². The second-order valence-corrected chi connectivity index (χ2v) is 5.52. The van der Waals surface area contributed by atoms with E-state index in [2.05, 4.69) is 5.16 Å². The molecule has 6 nitrogen and oxygen atoms in total. The monoisotopic (exact) mass is 270 g/mol. The smallest absolute Gasteiger partial charge is 0.236 e. The molecule has 0 unspecified atom stereocenters. The minimum Gasteiger partial charge on any atom is -0.409 e. The minimum absolute atomic E-state index is 0.0118. The fourth-order valence-corrected chi connectivity index (χ4v) is 2.41. The van der Waals surface area contributed by atoms with Gasteiger partial charge in [0.25, 0.3) is 0 Å². The highest BCUT2D eigenvalue weighted by atomic mass is 16.4. The van der Waals surface area contributed by atoms with Crippen molar-refractivity contribution >= 4 is 11.7 Å². The van der Waals surface area contributed by atoms with Gasteiger partial charge in [-0.1, -0.05) is 18.5 Å². The SMILES string of the molecule is CCCN(CCN(C)C)C(=O)C1(C(N)=NO)CCC1. The van der Waals surface area contributed by atoms with Gasteiger partial charge >= 0.3 is 0 Å². The molecule has 3 N–H and O–H groups in total. The van der Waals surface area contributed by atoms with Crippen molar-refractivity contribution in [1.29, 1.82) is 0 Å². The molecule has 1 rings (SSSR count). The molecule has 0 saturated heterocycles. The normalized spacial score (nSPS) is 18.2. The first-order valence-electron chi connectivity index (χ1n) is 6.90. The van der Waals surface area contributed by atoms with Gasteiger partial charge in [0.15, 0.2) is 5.84 Å². The van der Waals surface area contributed by atoms with Gasteiger partial charge in [-0.15, -0.1) is 0 Å². The van der Waals surface area contributed by atoms with Crippen LogP contribution >= 0.6 is 0 Å². The molecule has 19 heavy (non-hydrogen) atoms. The third kappa shape index (κ3) is 3.37. The summed E-state index contributed by atoms with van der Waals surface area (Å²) in [5.74, 6) is 0.0763. The molecule has 110 valence electrons. The highest BCUT2D eigenvalue weighted by Crippen LogP contribution is 2.42. The first-order valence-corrected chi connectivity index (χ1v) is 6.90.